The summed E-state index contributed by atoms with van der Waals surface area (Å²) in [7, 11) is -11.7. The van der Waals surface area contributed by atoms with Crippen molar-refractivity contribution < 1.29 is 193 Å². The number of hydrogen-bond acceptors (Lipinski definition) is 15. The second kappa shape index (κ2) is 80.6. The molecule has 25 heteroatoms. The molecule has 15 nitrogen and oxygen atoms in total. The first-order valence-electron chi connectivity index (χ1n) is 3.44. The van der Waals surface area contributed by atoms with Crippen LogP contribution in [-0.4, -0.2) is 29.3 Å². The fraction of sp³-hybridized carbons (Fsp3) is 0. The third kappa shape index (κ3) is 1570. The molecule has 0 aromatic heterocycles. The van der Waals surface area contributed by atoms with Gasteiger partial charge in [0.2, 0.25) is 0 Å². The van der Waals surface area contributed by atoms with Gasteiger partial charge in [-0.25, -0.2) is 0 Å². The van der Waals surface area contributed by atoms with E-state index in [4.69, 9.17) is 68.7 Å². The fourth-order valence-electron chi connectivity index (χ4n) is 0. The van der Waals surface area contributed by atoms with E-state index in [-0.39, 0.29) is 50.3 Å². The SMILES string of the molecule is [Co+2].[Co+2].[Co+2].[O-]B([O-])[O-].[O-]B([O-])[O-].[O-]B([O-])[O-].[O-]B([O-])[O-].[O]=[Zr+2].[O]=[Zr+2].[O]=[Zr+2]. The molecule has 3 radical (unpaired) electrons. The van der Waals surface area contributed by atoms with E-state index in [9.17, 15) is 0 Å². The molecule has 0 aliphatic heterocycles. The van der Waals surface area contributed by atoms with Crippen LogP contribution in [0.1, 0.15) is 0 Å². The molecule has 25 heavy (non-hydrogen) atoms. The molecule has 0 aromatic rings. The van der Waals surface area contributed by atoms with Crippen LogP contribution in [-0.2, 0) is 133 Å². The van der Waals surface area contributed by atoms with Crippen molar-refractivity contribution in [3.8, 4) is 0 Å². The first-order valence-corrected chi connectivity index (χ1v) is 6.45. The van der Waals surface area contributed by atoms with E-state index in [2.05, 4.69) is 0 Å². The van der Waals surface area contributed by atoms with Crippen LogP contribution in [0.4, 0.5) is 0 Å². The van der Waals surface area contributed by atoms with Crippen LogP contribution in [0.3, 0.4) is 0 Å². The number of rotatable bonds is 0. The zero-order chi connectivity index (χ0) is 20.3. The first kappa shape index (κ1) is 63.0. The molecule has 0 amide bonds. The van der Waals surface area contributed by atoms with Gasteiger partial charge in [0.25, 0.3) is 0 Å². The van der Waals surface area contributed by atoms with E-state index in [0.29, 0.717) is 74.2 Å². The normalized spacial score (nSPS) is 5.04. The van der Waals surface area contributed by atoms with Crippen molar-refractivity contribution in [2.24, 2.45) is 0 Å². The van der Waals surface area contributed by atoms with Gasteiger partial charge in [-0.3, -0.25) is 29.3 Å². The van der Waals surface area contributed by atoms with Crippen LogP contribution in [0.5, 0.6) is 0 Å². The van der Waals surface area contributed by atoms with Gasteiger partial charge >= 0.3 is 133 Å². The molecule has 141 valence electrons. The Balaban J connectivity index is -0.0000000132. The van der Waals surface area contributed by atoms with Crippen LogP contribution >= 0.6 is 0 Å². The molecule has 0 rings (SSSR count). The molecule has 0 fully saturated rings. The van der Waals surface area contributed by atoms with Crippen molar-refractivity contribution in [2.75, 3.05) is 0 Å². The van der Waals surface area contributed by atoms with E-state index in [1.165, 1.54) is 0 Å². The van der Waals surface area contributed by atoms with E-state index >= 15 is 0 Å². The van der Waals surface area contributed by atoms with Crippen molar-refractivity contribution in [3.05, 3.63) is 0 Å². The molecule has 0 bridgehead atoms. The third-order valence-corrected chi connectivity index (χ3v) is 0. The van der Waals surface area contributed by atoms with Crippen molar-refractivity contribution in [1.29, 1.82) is 0 Å². The molecule has 0 saturated carbocycles. The Bertz CT molecular complexity index is 109. The van der Waals surface area contributed by atoms with Crippen LogP contribution in [0.2, 0.25) is 0 Å². The van der Waals surface area contributed by atoms with Gasteiger partial charge in [0.15, 0.2) is 0 Å². The van der Waals surface area contributed by atoms with Gasteiger partial charge in [-0.05, 0) is 0 Å². The first-order chi connectivity index (χ1) is 9.93. The van der Waals surface area contributed by atoms with Crippen LogP contribution < -0.4 is 60.3 Å². The van der Waals surface area contributed by atoms with E-state index in [0.717, 1.165) is 0 Å². The Kier molecular flexibility index (Phi) is 203. The van der Waals surface area contributed by atoms with Gasteiger partial charge in [0.1, 0.15) is 0 Å². The van der Waals surface area contributed by atoms with Gasteiger partial charge in [0, 0.05) is 0 Å². The van der Waals surface area contributed by atoms with Gasteiger partial charge < -0.3 is 60.3 Å². The Hall–Kier alpha value is 3.35. The summed E-state index contributed by atoms with van der Waals surface area (Å²) in [5, 5.41) is 101. The minimum atomic E-state index is -2.92. The average molecular weight is 734 g/mol. The Morgan fingerprint density at radius 3 is 0.320 bits per heavy atom. The molecule has 0 unspecified atom stereocenters. The maximum atomic E-state index is 8.42. The van der Waals surface area contributed by atoms with Gasteiger partial charge in [-0.15, -0.1) is 0 Å². The third-order valence-electron chi connectivity index (χ3n) is 0. The quantitative estimate of drug-likeness (QED) is 0.209. The molecule has 0 aromatic carbocycles. The van der Waals surface area contributed by atoms with Crippen molar-refractivity contribution >= 4 is 29.3 Å². The summed E-state index contributed by atoms with van der Waals surface area (Å²) in [6.45, 7) is 0. The zero-order valence-corrected chi connectivity index (χ0v) is 21.4. The van der Waals surface area contributed by atoms with Crippen molar-refractivity contribution in [1.82, 2.24) is 0 Å². The molecule has 0 N–H and O–H groups in total. The van der Waals surface area contributed by atoms with Gasteiger partial charge in [-0.2, -0.15) is 0 Å². The summed E-state index contributed by atoms with van der Waals surface area (Å²) in [4.78, 5) is 0. The summed E-state index contributed by atoms with van der Waals surface area (Å²) < 4.78 is 25.0. The Morgan fingerprint density at radius 1 is 0.320 bits per heavy atom. The average Bonchev–Trinajstić information content (AvgIpc) is 2.33. The predicted molar refractivity (Wildman–Crippen MR) is 25.1 cm³/mol. The second-order valence-electron chi connectivity index (χ2n) is 1.15. The number of hydrogen-bond donors (Lipinski definition) is 0. The molecule has 0 aliphatic carbocycles. The van der Waals surface area contributed by atoms with E-state index in [1.807, 2.05) is 0 Å². The molecule has 0 aliphatic rings. The van der Waals surface area contributed by atoms with E-state index in [1.54, 1.807) is 0 Å². The second-order valence-corrected chi connectivity index (χ2v) is 1.15. The predicted octanol–water partition coefficient (Wildman–Crippen LogP) is -16.2. The molecule has 0 saturated heterocycles. The standard InChI is InChI=1S/4BO3.3Co.3O.3Zr/c4*2-1(3)4;;;;;;;;;/q4*-3;3*+2;;;;3*+2. The summed E-state index contributed by atoms with van der Waals surface area (Å²) in [6.07, 6.45) is 0. The van der Waals surface area contributed by atoms with Crippen molar-refractivity contribution in [3.63, 3.8) is 0 Å². The van der Waals surface area contributed by atoms with Gasteiger partial charge in [0.05, 0.1) is 0 Å². The topological polar surface area (TPSA) is 328 Å². The summed E-state index contributed by atoms with van der Waals surface area (Å²) in [5.41, 5.74) is 0. The van der Waals surface area contributed by atoms with Crippen LogP contribution in [0.15, 0.2) is 0 Å². The monoisotopic (exact) mass is 730 g/mol. The van der Waals surface area contributed by atoms with E-state index < -0.39 is 29.3 Å². The van der Waals surface area contributed by atoms with Crippen molar-refractivity contribution in [2.45, 2.75) is 0 Å². The fourth-order valence-corrected chi connectivity index (χ4v) is 0. The summed E-state index contributed by atoms with van der Waals surface area (Å²) >= 11 is 0.900. The summed E-state index contributed by atoms with van der Waals surface area (Å²) in [5.74, 6) is 0. The molecule has 0 heterocycles. The molecule has 0 atom stereocenters. The van der Waals surface area contributed by atoms with Crippen LogP contribution in [0, 0.1) is 0 Å². The van der Waals surface area contributed by atoms with Crippen LogP contribution in [0.25, 0.3) is 0 Å². The molecular weight excluding hydrogens is 734 g/mol. The Labute approximate surface area is 219 Å². The van der Waals surface area contributed by atoms with Gasteiger partial charge in [-0.1, -0.05) is 0 Å². The maximum absolute atomic E-state index is 8.42. The minimum absolute atomic E-state index is 0. The molecule has 0 spiro atoms. The zero-order valence-electron chi connectivity index (χ0n) is 10.9. The summed E-state index contributed by atoms with van der Waals surface area (Å²) in [6, 6.07) is 0. The molecular formula is B4Co3O15Zr3. The Morgan fingerprint density at radius 2 is 0.320 bits per heavy atom.